The molecule has 7 nitrogen and oxygen atoms in total. The first kappa shape index (κ1) is 16.3. The molecule has 1 aliphatic rings. The Morgan fingerprint density at radius 2 is 1.80 bits per heavy atom. The quantitative estimate of drug-likeness (QED) is 0.658. The first-order valence-corrected chi connectivity index (χ1v) is 6.96. The molecule has 0 radical (unpaired) electrons. The van der Waals surface area contributed by atoms with E-state index in [2.05, 4.69) is 10.6 Å². The van der Waals surface area contributed by atoms with Crippen LogP contribution in [0.25, 0.3) is 0 Å². The molecule has 114 valence electrons. The van der Waals surface area contributed by atoms with Crippen molar-refractivity contribution in [2.75, 3.05) is 19.6 Å². The van der Waals surface area contributed by atoms with Gasteiger partial charge in [0.1, 0.15) is 6.04 Å². The van der Waals surface area contributed by atoms with E-state index < -0.39 is 18.0 Å². The number of hydrogen-bond donors (Lipinski definition) is 3. The first-order valence-electron chi connectivity index (χ1n) is 6.96. The molecule has 0 aliphatic carbocycles. The summed E-state index contributed by atoms with van der Waals surface area (Å²) in [4.78, 5) is 36.0. The molecule has 0 unspecified atom stereocenters. The van der Waals surface area contributed by atoms with Gasteiger partial charge in [-0.3, -0.25) is 4.79 Å². The summed E-state index contributed by atoms with van der Waals surface area (Å²) in [5.41, 5.74) is 0. The fourth-order valence-corrected chi connectivity index (χ4v) is 2.11. The molecule has 1 heterocycles. The highest BCUT2D eigenvalue weighted by Crippen LogP contribution is 2.08. The van der Waals surface area contributed by atoms with E-state index in [4.69, 9.17) is 5.11 Å². The van der Waals surface area contributed by atoms with E-state index in [0.717, 1.165) is 25.9 Å². The number of urea groups is 1. The van der Waals surface area contributed by atoms with Crippen LogP contribution in [0.2, 0.25) is 0 Å². The van der Waals surface area contributed by atoms with Crippen molar-refractivity contribution in [2.24, 2.45) is 5.92 Å². The second-order valence-corrected chi connectivity index (χ2v) is 5.30. The lowest BCUT2D eigenvalue weighted by Crippen LogP contribution is -2.49. The highest BCUT2D eigenvalue weighted by Gasteiger charge is 2.23. The number of nitrogens with zero attached hydrogens (tertiary/aromatic N) is 1. The molecule has 0 aromatic rings. The highest BCUT2D eigenvalue weighted by atomic mass is 16.4. The Kier molecular flexibility index (Phi) is 6.27. The SMILES string of the molecule is CC(C)[C@@H](NC(=O)NCCC(=O)N1CCCC1)C(=O)O. The molecule has 1 rings (SSSR count). The fraction of sp³-hybridized carbons (Fsp3) is 0.769. The minimum Gasteiger partial charge on any atom is -0.480 e. The van der Waals surface area contributed by atoms with Gasteiger partial charge in [0.25, 0.3) is 0 Å². The number of likely N-dealkylation sites (tertiary alicyclic amines) is 1. The Morgan fingerprint density at radius 1 is 1.20 bits per heavy atom. The van der Waals surface area contributed by atoms with Gasteiger partial charge in [-0.25, -0.2) is 9.59 Å². The molecule has 0 aromatic heterocycles. The van der Waals surface area contributed by atoms with Crippen LogP contribution in [-0.4, -0.2) is 53.6 Å². The second-order valence-electron chi connectivity index (χ2n) is 5.30. The summed E-state index contributed by atoms with van der Waals surface area (Å²) in [5, 5.41) is 13.8. The average Bonchev–Trinajstić information content (AvgIpc) is 2.88. The largest absolute Gasteiger partial charge is 0.480 e. The van der Waals surface area contributed by atoms with Gasteiger partial charge in [0.2, 0.25) is 5.91 Å². The monoisotopic (exact) mass is 285 g/mol. The van der Waals surface area contributed by atoms with Gasteiger partial charge in [-0.1, -0.05) is 13.8 Å². The van der Waals surface area contributed by atoms with Crippen LogP contribution in [0.5, 0.6) is 0 Å². The zero-order chi connectivity index (χ0) is 15.1. The summed E-state index contributed by atoms with van der Waals surface area (Å²) in [5.74, 6) is -1.24. The Bertz CT molecular complexity index is 365. The third-order valence-corrected chi connectivity index (χ3v) is 3.30. The van der Waals surface area contributed by atoms with Gasteiger partial charge in [0.15, 0.2) is 0 Å². The van der Waals surface area contributed by atoms with E-state index in [1.807, 2.05) is 0 Å². The van der Waals surface area contributed by atoms with Crippen molar-refractivity contribution in [1.82, 2.24) is 15.5 Å². The Labute approximate surface area is 118 Å². The summed E-state index contributed by atoms with van der Waals surface area (Å²) in [6.45, 7) is 5.23. The molecular weight excluding hydrogens is 262 g/mol. The molecule has 1 aliphatic heterocycles. The van der Waals surface area contributed by atoms with Crippen LogP contribution in [-0.2, 0) is 9.59 Å². The van der Waals surface area contributed by atoms with Gasteiger partial charge in [0.05, 0.1) is 0 Å². The molecule has 1 fully saturated rings. The lowest BCUT2D eigenvalue weighted by Gasteiger charge is -2.19. The van der Waals surface area contributed by atoms with Gasteiger partial charge in [-0.05, 0) is 18.8 Å². The van der Waals surface area contributed by atoms with Crippen LogP contribution < -0.4 is 10.6 Å². The third kappa shape index (κ3) is 5.07. The standard InChI is InChI=1S/C13H23N3O4/c1-9(2)11(12(18)19)15-13(20)14-6-5-10(17)16-7-3-4-8-16/h9,11H,3-8H2,1-2H3,(H,18,19)(H2,14,15,20)/t11-/m1/s1. The molecule has 0 bridgehead atoms. The molecule has 7 heteroatoms. The van der Waals surface area contributed by atoms with Crippen molar-refractivity contribution in [1.29, 1.82) is 0 Å². The maximum Gasteiger partial charge on any atom is 0.326 e. The maximum atomic E-state index is 11.7. The summed E-state index contributed by atoms with van der Waals surface area (Å²) < 4.78 is 0. The van der Waals surface area contributed by atoms with Crippen LogP contribution in [0.1, 0.15) is 33.1 Å². The van der Waals surface area contributed by atoms with Gasteiger partial charge in [-0.2, -0.15) is 0 Å². The normalized spacial score (nSPS) is 16.1. The van der Waals surface area contributed by atoms with Crippen molar-refractivity contribution in [3.63, 3.8) is 0 Å². The molecule has 3 amide bonds. The van der Waals surface area contributed by atoms with Gasteiger partial charge in [-0.15, -0.1) is 0 Å². The van der Waals surface area contributed by atoms with Crippen LogP contribution in [0.3, 0.4) is 0 Å². The average molecular weight is 285 g/mol. The van der Waals surface area contributed by atoms with Crippen LogP contribution in [0, 0.1) is 5.92 Å². The Balaban J connectivity index is 2.25. The van der Waals surface area contributed by atoms with Crippen molar-refractivity contribution >= 4 is 17.9 Å². The fourth-order valence-electron chi connectivity index (χ4n) is 2.11. The third-order valence-electron chi connectivity index (χ3n) is 3.30. The predicted molar refractivity (Wildman–Crippen MR) is 73.2 cm³/mol. The zero-order valence-electron chi connectivity index (χ0n) is 12.0. The number of carboxylic acids is 1. The number of nitrogens with one attached hydrogen (secondary N) is 2. The number of carbonyl (C=O) groups excluding carboxylic acids is 2. The molecule has 0 spiro atoms. The van der Waals surface area contributed by atoms with E-state index in [0.29, 0.717) is 0 Å². The predicted octanol–water partition coefficient (Wildman–Crippen LogP) is 0.407. The van der Waals surface area contributed by atoms with Gasteiger partial charge < -0.3 is 20.6 Å². The lowest BCUT2D eigenvalue weighted by atomic mass is 10.1. The number of hydrogen-bond acceptors (Lipinski definition) is 3. The summed E-state index contributed by atoms with van der Waals surface area (Å²) >= 11 is 0. The zero-order valence-corrected chi connectivity index (χ0v) is 12.0. The number of aliphatic carboxylic acids is 1. The van der Waals surface area contributed by atoms with Crippen LogP contribution in [0.4, 0.5) is 4.79 Å². The molecular formula is C13H23N3O4. The summed E-state index contributed by atoms with van der Waals surface area (Å²) in [7, 11) is 0. The maximum absolute atomic E-state index is 11.7. The molecule has 3 N–H and O–H groups in total. The Morgan fingerprint density at radius 3 is 2.30 bits per heavy atom. The van der Waals surface area contributed by atoms with Crippen molar-refractivity contribution < 1.29 is 19.5 Å². The number of carboxylic acid groups (broad SMARTS) is 1. The van der Waals surface area contributed by atoms with E-state index in [1.165, 1.54) is 0 Å². The molecule has 20 heavy (non-hydrogen) atoms. The molecule has 1 saturated heterocycles. The van der Waals surface area contributed by atoms with E-state index in [9.17, 15) is 14.4 Å². The van der Waals surface area contributed by atoms with Crippen LogP contribution >= 0.6 is 0 Å². The van der Waals surface area contributed by atoms with Crippen molar-refractivity contribution in [3.05, 3.63) is 0 Å². The van der Waals surface area contributed by atoms with Crippen molar-refractivity contribution in [3.8, 4) is 0 Å². The second kappa shape index (κ2) is 7.72. The van der Waals surface area contributed by atoms with Crippen molar-refractivity contribution in [2.45, 2.75) is 39.2 Å². The van der Waals surface area contributed by atoms with E-state index in [-0.39, 0.29) is 24.8 Å². The number of amides is 3. The Hall–Kier alpha value is -1.79. The minimum atomic E-state index is -1.07. The number of carbonyl (C=O) groups is 3. The lowest BCUT2D eigenvalue weighted by molar-refractivity contribution is -0.140. The molecule has 0 saturated carbocycles. The van der Waals surface area contributed by atoms with Gasteiger partial charge >= 0.3 is 12.0 Å². The van der Waals surface area contributed by atoms with Crippen LogP contribution in [0.15, 0.2) is 0 Å². The topological polar surface area (TPSA) is 98.7 Å². The molecule has 0 aromatic carbocycles. The molecule has 1 atom stereocenters. The van der Waals surface area contributed by atoms with Gasteiger partial charge in [0, 0.05) is 26.1 Å². The van der Waals surface area contributed by atoms with E-state index in [1.54, 1.807) is 18.7 Å². The highest BCUT2D eigenvalue weighted by molar-refractivity contribution is 5.83. The van der Waals surface area contributed by atoms with E-state index >= 15 is 0 Å². The summed E-state index contributed by atoms with van der Waals surface area (Å²) in [6, 6.07) is -1.48. The minimum absolute atomic E-state index is 0.0291. The summed E-state index contributed by atoms with van der Waals surface area (Å²) in [6.07, 6.45) is 2.31. The first-order chi connectivity index (χ1) is 9.41. The smallest absolute Gasteiger partial charge is 0.326 e. The number of rotatable bonds is 6.